The standard InChI is InChI=1S/C18H24BrN3O2/c1-12-9-14(19)4-5-16(12)18(24)22-8-2-3-13(11-22)17(23)21-15-6-7-20-10-15/h4-5,9,13,15,20H,2-3,6-8,10-11H2,1H3,(H,21,23). The van der Waals surface area contributed by atoms with Crippen LogP contribution in [0, 0.1) is 12.8 Å². The van der Waals surface area contributed by atoms with Gasteiger partial charge in [0.05, 0.1) is 5.92 Å². The lowest BCUT2D eigenvalue weighted by Crippen LogP contribution is -2.48. The zero-order valence-electron chi connectivity index (χ0n) is 14.0. The second kappa shape index (κ2) is 7.66. The summed E-state index contributed by atoms with van der Waals surface area (Å²) in [6.45, 7) is 4.99. The van der Waals surface area contributed by atoms with Crippen LogP contribution >= 0.6 is 15.9 Å². The molecule has 0 bridgehead atoms. The Hall–Kier alpha value is -1.40. The predicted molar refractivity (Wildman–Crippen MR) is 96.9 cm³/mol. The van der Waals surface area contributed by atoms with Gasteiger partial charge in [0.25, 0.3) is 5.91 Å². The number of rotatable bonds is 3. The average molecular weight is 394 g/mol. The second-order valence-electron chi connectivity index (χ2n) is 6.75. The zero-order chi connectivity index (χ0) is 17.1. The summed E-state index contributed by atoms with van der Waals surface area (Å²) in [5.74, 6) is 0.0211. The van der Waals surface area contributed by atoms with Gasteiger partial charge < -0.3 is 15.5 Å². The molecule has 0 spiro atoms. The minimum Gasteiger partial charge on any atom is -0.352 e. The van der Waals surface area contributed by atoms with Crippen molar-refractivity contribution in [2.45, 2.75) is 32.2 Å². The second-order valence-corrected chi connectivity index (χ2v) is 7.66. The maximum absolute atomic E-state index is 12.8. The predicted octanol–water partition coefficient (Wildman–Crippen LogP) is 2.09. The van der Waals surface area contributed by atoms with Crippen LogP contribution in [0.1, 0.15) is 35.2 Å². The van der Waals surface area contributed by atoms with Gasteiger partial charge in [-0.3, -0.25) is 9.59 Å². The average Bonchev–Trinajstić information content (AvgIpc) is 3.07. The molecule has 2 saturated heterocycles. The Morgan fingerprint density at radius 3 is 2.88 bits per heavy atom. The highest BCUT2D eigenvalue weighted by Gasteiger charge is 2.30. The van der Waals surface area contributed by atoms with Crippen LogP contribution in [0.25, 0.3) is 0 Å². The largest absolute Gasteiger partial charge is 0.352 e. The maximum atomic E-state index is 12.8. The fourth-order valence-electron chi connectivity index (χ4n) is 3.51. The summed E-state index contributed by atoms with van der Waals surface area (Å²) in [6.07, 6.45) is 2.72. The van der Waals surface area contributed by atoms with Crippen LogP contribution in [0.4, 0.5) is 0 Å². The first-order chi connectivity index (χ1) is 11.5. The van der Waals surface area contributed by atoms with Crippen molar-refractivity contribution in [1.82, 2.24) is 15.5 Å². The van der Waals surface area contributed by atoms with Crippen molar-refractivity contribution in [3.8, 4) is 0 Å². The van der Waals surface area contributed by atoms with E-state index in [0.29, 0.717) is 6.54 Å². The zero-order valence-corrected chi connectivity index (χ0v) is 15.6. The van der Waals surface area contributed by atoms with Crippen LogP contribution in [-0.2, 0) is 4.79 Å². The number of hydrogen-bond donors (Lipinski definition) is 2. The number of likely N-dealkylation sites (tertiary alicyclic amines) is 1. The molecule has 2 amide bonds. The van der Waals surface area contributed by atoms with Gasteiger partial charge >= 0.3 is 0 Å². The number of piperidine rings is 1. The van der Waals surface area contributed by atoms with Gasteiger partial charge in [-0.25, -0.2) is 0 Å². The molecule has 2 aliphatic rings. The number of aryl methyl sites for hydroxylation is 1. The third-order valence-electron chi connectivity index (χ3n) is 4.90. The lowest BCUT2D eigenvalue weighted by Gasteiger charge is -2.33. The Morgan fingerprint density at radius 1 is 1.33 bits per heavy atom. The van der Waals surface area contributed by atoms with Crippen molar-refractivity contribution >= 4 is 27.7 Å². The summed E-state index contributed by atoms with van der Waals surface area (Å²) >= 11 is 3.43. The first kappa shape index (κ1) is 17.4. The fourth-order valence-corrected chi connectivity index (χ4v) is 3.99. The Labute approximate surface area is 151 Å². The molecule has 0 aromatic heterocycles. The summed E-state index contributed by atoms with van der Waals surface area (Å²) in [4.78, 5) is 27.1. The van der Waals surface area contributed by atoms with Crippen molar-refractivity contribution in [2.75, 3.05) is 26.2 Å². The van der Waals surface area contributed by atoms with Crippen LogP contribution in [-0.4, -0.2) is 48.9 Å². The van der Waals surface area contributed by atoms with E-state index >= 15 is 0 Å². The van der Waals surface area contributed by atoms with Gasteiger partial charge in [-0.2, -0.15) is 0 Å². The third kappa shape index (κ3) is 3.98. The molecule has 2 N–H and O–H groups in total. The minimum atomic E-state index is -0.0981. The van der Waals surface area contributed by atoms with Crippen LogP contribution in [0.2, 0.25) is 0 Å². The lowest BCUT2D eigenvalue weighted by atomic mass is 9.95. The number of nitrogens with zero attached hydrogens (tertiary/aromatic N) is 1. The van der Waals surface area contributed by atoms with E-state index in [1.165, 1.54) is 0 Å². The topological polar surface area (TPSA) is 61.4 Å². The Bertz CT molecular complexity index is 629. The molecule has 6 heteroatoms. The van der Waals surface area contributed by atoms with E-state index in [2.05, 4.69) is 26.6 Å². The van der Waals surface area contributed by atoms with E-state index in [0.717, 1.165) is 54.5 Å². The van der Waals surface area contributed by atoms with E-state index in [1.807, 2.05) is 30.0 Å². The van der Waals surface area contributed by atoms with Gasteiger partial charge in [0.1, 0.15) is 0 Å². The molecule has 24 heavy (non-hydrogen) atoms. The Balaban J connectivity index is 1.64. The van der Waals surface area contributed by atoms with Gasteiger partial charge in [0, 0.05) is 35.7 Å². The van der Waals surface area contributed by atoms with Gasteiger partial charge in [-0.05, 0) is 56.5 Å². The van der Waals surface area contributed by atoms with Crippen LogP contribution < -0.4 is 10.6 Å². The van der Waals surface area contributed by atoms with Crippen molar-refractivity contribution in [3.63, 3.8) is 0 Å². The van der Waals surface area contributed by atoms with Crippen molar-refractivity contribution < 1.29 is 9.59 Å². The number of amides is 2. The summed E-state index contributed by atoms with van der Waals surface area (Å²) in [6, 6.07) is 5.93. The monoisotopic (exact) mass is 393 g/mol. The van der Waals surface area contributed by atoms with E-state index in [9.17, 15) is 9.59 Å². The minimum absolute atomic E-state index is 0.0278. The first-order valence-electron chi connectivity index (χ1n) is 8.61. The number of hydrogen-bond acceptors (Lipinski definition) is 3. The fraction of sp³-hybridized carbons (Fsp3) is 0.556. The van der Waals surface area contributed by atoms with Crippen molar-refractivity contribution in [1.29, 1.82) is 0 Å². The molecule has 2 aliphatic heterocycles. The molecule has 5 nitrogen and oxygen atoms in total. The number of carbonyl (C=O) groups excluding carboxylic acids is 2. The highest BCUT2D eigenvalue weighted by Crippen LogP contribution is 2.22. The number of carbonyl (C=O) groups is 2. The van der Waals surface area contributed by atoms with E-state index in [1.54, 1.807) is 0 Å². The first-order valence-corrected chi connectivity index (χ1v) is 9.40. The van der Waals surface area contributed by atoms with Gasteiger partial charge in [-0.15, -0.1) is 0 Å². The van der Waals surface area contributed by atoms with Gasteiger partial charge in [0.2, 0.25) is 5.91 Å². The number of halogens is 1. The Kier molecular flexibility index (Phi) is 5.56. The quantitative estimate of drug-likeness (QED) is 0.826. The molecule has 1 aromatic rings. The SMILES string of the molecule is Cc1cc(Br)ccc1C(=O)N1CCCC(C(=O)NC2CCNC2)C1. The summed E-state index contributed by atoms with van der Waals surface area (Å²) < 4.78 is 0.970. The lowest BCUT2D eigenvalue weighted by molar-refractivity contribution is -0.126. The molecule has 0 saturated carbocycles. The van der Waals surface area contributed by atoms with E-state index in [-0.39, 0.29) is 23.8 Å². The highest BCUT2D eigenvalue weighted by atomic mass is 79.9. The molecular weight excluding hydrogens is 370 g/mol. The molecule has 0 aliphatic carbocycles. The molecule has 3 rings (SSSR count). The smallest absolute Gasteiger partial charge is 0.254 e. The molecule has 130 valence electrons. The summed E-state index contributed by atoms with van der Waals surface area (Å²) in [5.41, 5.74) is 1.68. The van der Waals surface area contributed by atoms with Crippen LogP contribution in [0.5, 0.6) is 0 Å². The number of nitrogens with one attached hydrogen (secondary N) is 2. The third-order valence-corrected chi connectivity index (χ3v) is 5.40. The molecular formula is C18H24BrN3O2. The molecule has 0 radical (unpaired) electrons. The molecule has 1 aromatic carbocycles. The number of benzene rings is 1. The van der Waals surface area contributed by atoms with Gasteiger partial charge in [-0.1, -0.05) is 15.9 Å². The van der Waals surface area contributed by atoms with Crippen molar-refractivity contribution in [3.05, 3.63) is 33.8 Å². The molecule has 2 unspecified atom stereocenters. The van der Waals surface area contributed by atoms with Crippen molar-refractivity contribution in [2.24, 2.45) is 5.92 Å². The molecule has 2 fully saturated rings. The Morgan fingerprint density at radius 2 is 2.17 bits per heavy atom. The maximum Gasteiger partial charge on any atom is 0.254 e. The van der Waals surface area contributed by atoms with E-state index in [4.69, 9.17) is 0 Å². The molecule has 2 heterocycles. The van der Waals surface area contributed by atoms with E-state index < -0.39 is 0 Å². The normalized spacial score (nSPS) is 24.0. The molecule has 2 atom stereocenters. The van der Waals surface area contributed by atoms with Crippen LogP contribution in [0.3, 0.4) is 0 Å². The highest BCUT2D eigenvalue weighted by molar-refractivity contribution is 9.10. The summed E-state index contributed by atoms with van der Waals surface area (Å²) in [7, 11) is 0. The van der Waals surface area contributed by atoms with Crippen LogP contribution in [0.15, 0.2) is 22.7 Å². The summed E-state index contributed by atoms with van der Waals surface area (Å²) in [5, 5.41) is 6.38. The van der Waals surface area contributed by atoms with Gasteiger partial charge in [0.15, 0.2) is 0 Å².